The van der Waals surface area contributed by atoms with E-state index in [1.165, 1.54) is 12.1 Å². The molecule has 1 fully saturated rings. The Kier molecular flexibility index (Phi) is 4.37. The van der Waals surface area contributed by atoms with E-state index >= 15 is 0 Å². The predicted molar refractivity (Wildman–Crippen MR) is 75.2 cm³/mol. The van der Waals surface area contributed by atoms with Gasteiger partial charge in [-0.2, -0.15) is 0 Å². The summed E-state index contributed by atoms with van der Waals surface area (Å²) in [6.45, 7) is 3.88. The van der Waals surface area contributed by atoms with Crippen LogP contribution in [0.1, 0.15) is 31.7 Å². The van der Waals surface area contributed by atoms with Gasteiger partial charge in [0, 0.05) is 18.0 Å². The van der Waals surface area contributed by atoms with E-state index < -0.39 is 11.9 Å². The largest absolute Gasteiger partial charge is 0.573 e. The number of nitrogens with one attached hydrogen (secondary N) is 1. The zero-order chi connectivity index (χ0) is 16.5. The van der Waals surface area contributed by atoms with E-state index in [2.05, 4.69) is 10.1 Å². The minimum absolute atomic E-state index is 0.190. The van der Waals surface area contributed by atoms with Crippen molar-refractivity contribution in [3.05, 3.63) is 29.8 Å². The van der Waals surface area contributed by atoms with Crippen molar-refractivity contribution in [2.45, 2.75) is 38.1 Å². The van der Waals surface area contributed by atoms with Gasteiger partial charge in [0.1, 0.15) is 5.75 Å². The number of para-hydroxylation sites is 1. The highest BCUT2D eigenvalue weighted by atomic mass is 19.4. The minimum atomic E-state index is -4.74. The molecular weight excluding hydrogens is 297 g/mol. The first-order valence-electron chi connectivity index (χ1n) is 6.98. The lowest BCUT2D eigenvalue weighted by Crippen LogP contribution is -2.45. The molecule has 0 saturated heterocycles. The molecule has 2 rings (SSSR count). The van der Waals surface area contributed by atoms with Gasteiger partial charge in [-0.25, -0.2) is 0 Å². The molecule has 0 aliphatic heterocycles. The summed E-state index contributed by atoms with van der Waals surface area (Å²) < 4.78 is 41.2. The third-order valence-corrected chi connectivity index (χ3v) is 3.39. The van der Waals surface area contributed by atoms with Crippen LogP contribution in [0.2, 0.25) is 0 Å². The summed E-state index contributed by atoms with van der Waals surface area (Å²) in [5.41, 5.74) is 5.66. The summed E-state index contributed by atoms with van der Waals surface area (Å²) >= 11 is 0. The molecule has 1 aliphatic rings. The summed E-state index contributed by atoms with van der Waals surface area (Å²) in [6, 6.07) is 5.93. The smallest absolute Gasteiger partial charge is 0.405 e. The second-order valence-corrected chi connectivity index (χ2v) is 6.24. The highest BCUT2D eigenvalue weighted by molar-refractivity contribution is 5.83. The Labute approximate surface area is 126 Å². The number of rotatable bonds is 5. The molecule has 22 heavy (non-hydrogen) atoms. The summed E-state index contributed by atoms with van der Waals surface area (Å²) in [5, 5.41) is 2.73. The van der Waals surface area contributed by atoms with E-state index in [0.717, 1.165) is 0 Å². The van der Waals surface area contributed by atoms with Gasteiger partial charge in [0.2, 0.25) is 5.91 Å². The van der Waals surface area contributed by atoms with Crippen LogP contribution in [-0.4, -0.2) is 24.4 Å². The maximum atomic E-state index is 12.4. The Morgan fingerprint density at radius 3 is 2.59 bits per heavy atom. The molecular formula is C15H19F3N2O2. The molecule has 7 heteroatoms. The fourth-order valence-corrected chi connectivity index (χ4v) is 2.28. The quantitative estimate of drug-likeness (QED) is 0.877. The van der Waals surface area contributed by atoms with E-state index in [-0.39, 0.29) is 23.5 Å². The second-order valence-electron chi connectivity index (χ2n) is 6.24. The Hall–Kier alpha value is -1.76. The maximum absolute atomic E-state index is 12.4. The van der Waals surface area contributed by atoms with Crippen molar-refractivity contribution in [1.82, 2.24) is 5.32 Å². The Morgan fingerprint density at radius 2 is 2.00 bits per heavy atom. The number of hydrogen-bond acceptors (Lipinski definition) is 3. The van der Waals surface area contributed by atoms with Gasteiger partial charge in [0.05, 0.1) is 0 Å². The number of carbonyl (C=O) groups excluding carboxylic acids is 1. The molecule has 1 saturated carbocycles. The number of halogens is 3. The van der Waals surface area contributed by atoms with Gasteiger partial charge in [-0.3, -0.25) is 4.79 Å². The van der Waals surface area contributed by atoms with E-state index in [1.54, 1.807) is 26.0 Å². The first-order chi connectivity index (χ1) is 10.1. The van der Waals surface area contributed by atoms with Crippen LogP contribution in [0.5, 0.6) is 5.75 Å². The molecule has 4 nitrogen and oxygen atoms in total. The van der Waals surface area contributed by atoms with E-state index in [4.69, 9.17) is 5.73 Å². The fourth-order valence-electron chi connectivity index (χ4n) is 2.28. The SMILES string of the molecule is CC(C)(N)CNC(=O)C1CC1c1ccccc1OC(F)(F)F. The fraction of sp³-hybridized carbons (Fsp3) is 0.533. The number of hydrogen-bond donors (Lipinski definition) is 2. The topological polar surface area (TPSA) is 64.3 Å². The maximum Gasteiger partial charge on any atom is 0.573 e. The minimum Gasteiger partial charge on any atom is -0.405 e. The average Bonchev–Trinajstić information content (AvgIpc) is 3.14. The molecule has 0 bridgehead atoms. The molecule has 1 aliphatic carbocycles. The van der Waals surface area contributed by atoms with E-state index in [0.29, 0.717) is 18.5 Å². The normalized spacial score (nSPS) is 21.4. The van der Waals surface area contributed by atoms with Crippen LogP contribution in [0.25, 0.3) is 0 Å². The van der Waals surface area contributed by atoms with Crippen molar-refractivity contribution in [2.24, 2.45) is 11.7 Å². The van der Waals surface area contributed by atoms with Crippen molar-refractivity contribution >= 4 is 5.91 Å². The lowest BCUT2D eigenvalue weighted by molar-refractivity contribution is -0.274. The number of amides is 1. The molecule has 2 atom stereocenters. The monoisotopic (exact) mass is 316 g/mol. The molecule has 122 valence electrons. The van der Waals surface area contributed by atoms with E-state index in [9.17, 15) is 18.0 Å². The first-order valence-corrected chi connectivity index (χ1v) is 6.98. The van der Waals surface area contributed by atoms with Crippen molar-refractivity contribution in [3.8, 4) is 5.75 Å². The summed E-state index contributed by atoms with van der Waals surface area (Å²) in [5.74, 6) is -1.01. The van der Waals surface area contributed by atoms with Crippen LogP contribution >= 0.6 is 0 Å². The number of alkyl halides is 3. The van der Waals surface area contributed by atoms with Gasteiger partial charge in [-0.05, 0) is 37.8 Å². The van der Waals surface area contributed by atoms with Crippen LogP contribution in [-0.2, 0) is 4.79 Å². The Balaban J connectivity index is 2.02. The van der Waals surface area contributed by atoms with Gasteiger partial charge < -0.3 is 15.8 Å². The standard InChI is InChI=1S/C15H19F3N2O2/c1-14(2,19)8-20-13(21)11-7-10(11)9-5-3-4-6-12(9)22-15(16,17)18/h3-6,10-11H,7-8,19H2,1-2H3,(H,20,21). The summed E-state index contributed by atoms with van der Waals surface area (Å²) in [4.78, 5) is 12.0. The lowest BCUT2D eigenvalue weighted by Gasteiger charge is -2.19. The van der Waals surface area contributed by atoms with Crippen LogP contribution in [0.3, 0.4) is 0 Å². The van der Waals surface area contributed by atoms with Crippen molar-refractivity contribution in [2.75, 3.05) is 6.54 Å². The predicted octanol–water partition coefficient (Wildman–Crippen LogP) is 2.54. The number of benzene rings is 1. The third kappa shape index (κ3) is 4.62. The van der Waals surface area contributed by atoms with Crippen molar-refractivity contribution in [1.29, 1.82) is 0 Å². The van der Waals surface area contributed by atoms with Crippen LogP contribution in [0.15, 0.2) is 24.3 Å². The molecule has 1 aromatic rings. The molecule has 1 amide bonds. The Morgan fingerprint density at radius 1 is 1.36 bits per heavy atom. The number of nitrogens with two attached hydrogens (primary N) is 1. The van der Waals surface area contributed by atoms with Gasteiger partial charge >= 0.3 is 6.36 Å². The molecule has 0 radical (unpaired) electrons. The molecule has 0 heterocycles. The van der Waals surface area contributed by atoms with Gasteiger partial charge in [-0.1, -0.05) is 18.2 Å². The van der Waals surface area contributed by atoms with E-state index in [1.807, 2.05) is 0 Å². The van der Waals surface area contributed by atoms with Crippen molar-refractivity contribution < 1.29 is 22.7 Å². The van der Waals surface area contributed by atoms with Gasteiger partial charge in [0.15, 0.2) is 0 Å². The second kappa shape index (κ2) is 5.79. The third-order valence-electron chi connectivity index (χ3n) is 3.39. The number of ether oxygens (including phenoxy) is 1. The molecule has 1 aromatic carbocycles. The number of carbonyl (C=O) groups is 1. The first kappa shape index (κ1) is 16.6. The van der Waals surface area contributed by atoms with Crippen LogP contribution in [0, 0.1) is 5.92 Å². The highest BCUT2D eigenvalue weighted by Gasteiger charge is 2.46. The zero-order valence-corrected chi connectivity index (χ0v) is 12.4. The molecule has 0 spiro atoms. The highest BCUT2D eigenvalue weighted by Crippen LogP contribution is 2.51. The summed E-state index contributed by atoms with van der Waals surface area (Å²) in [7, 11) is 0. The molecule has 2 unspecified atom stereocenters. The van der Waals surface area contributed by atoms with Gasteiger partial charge in [-0.15, -0.1) is 13.2 Å². The molecule has 0 aromatic heterocycles. The average molecular weight is 316 g/mol. The van der Waals surface area contributed by atoms with Crippen LogP contribution in [0.4, 0.5) is 13.2 Å². The zero-order valence-electron chi connectivity index (χ0n) is 12.4. The summed E-state index contributed by atoms with van der Waals surface area (Å²) in [6.07, 6.45) is -4.23. The van der Waals surface area contributed by atoms with Crippen molar-refractivity contribution in [3.63, 3.8) is 0 Å². The Bertz CT molecular complexity index is 552. The lowest BCUT2D eigenvalue weighted by atomic mass is 10.1. The molecule has 3 N–H and O–H groups in total. The van der Waals surface area contributed by atoms with Crippen LogP contribution < -0.4 is 15.8 Å². The van der Waals surface area contributed by atoms with Gasteiger partial charge in [0.25, 0.3) is 0 Å².